The molecule has 3 aromatic rings. The van der Waals surface area contributed by atoms with Gasteiger partial charge in [-0.15, -0.1) is 0 Å². The first-order chi connectivity index (χ1) is 18.6. The van der Waals surface area contributed by atoms with Crippen LogP contribution in [0.5, 0.6) is 5.75 Å². The maximum absolute atomic E-state index is 13.5. The van der Waals surface area contributed by atoms with Crippen LogP contribution < -0.4 is 4.74 Å². The number of nitrogens with zero attached hydrogens (tertiary/aromatic N) is 2. The van der Waals surface area contributed by atoms with Gasteiger partial charge in [-0.3, -0.25) is 0 Å². The van der Waals surface area contributed by atoms with Gasteiger partial charge < -0.3 is 14.4 Å². The molecule has 3 unspecified atom stereocenters. The summed E-state index contributed by atoms with van der Waals surface area (Å²) in [7, 11) is 3.69. The third-order valence-corrected chi connectivity index (χ3v) is 9.51. The molecule has 4 rings (SSSR count). The van der Waals surface area contributed by atoms with Crippen LogP contribution in [0.1, 0.15) is 40.7 Å². The number of carbonyl (C=O) groups excluding carboxylic acids is 1. The Morgan fingerprint density at radius 1 is 0.949 bits per heavy atom. The molecule has 3 atom stereocenters. The molecule has 3 aromatic carbocycles. The van der Waals surface area contributed by atoms with Gasteiger partial charge in [0.05, 0.1) is 18.4 Å². The van der Waals surface area contributed by atoms with Crippen molar-refractivity contribution in [2.24, 2.45) is 5.92 Å². The molecule has 39 heavy (non-hydrogen) atoms. The van der Waals surface area contributed by atoms with Crippen LogP contribution in [-0.4, -0.2) is 64.4 Å². The summed E-state index contributed by atoms with van der Waals surface area (Å²) < 4.78 is 40.4. The monoisotopic (exact) mass is 550 g/mol. The summed E-state index contributed by atoms with van der Waals surface area (Å²) in [6.45, 7) is 0.613. The van der Waals surface area contributed by atoms with E-state index in [0.29, 0.717) is 37.1 Å². The molecule has 1 saturated carbocycles. The highest BCUT2D eigenvalue weighted by atomic mass is 32.2. The van der Waals surface area contributed by atoms with E-state index in [-0.39, 0.29) is 17.7 Å². The Balaban J connectivity index is 1.69. The fourth-order valence-corrected chi connectivity index (χ4v) is 7.05. The number of hydrogen-bond acceptors (Lipinski definition) is 6. The Morgan fingerprint density at radius 2 is 1.62 bits per heavy atom. The normalized spacial score (nSPS) is 21.6. The molecule has 8 heteroatoms. The highest BCUT2D eigenvalue weighted by Gasteiger charge is 2.50. The van der Waals surface area contributed by atoms with Crippen LogP contribution >= 0.6 is 0 Å². The predicted molar refractivity (Wildman–Crippen MR) is 153 cm³/mol. The molecule has 0 aliphatic heterocycles. The van der Waals surface area contributed by atoms with Gasteiger partial charge in [0.2, 0.25) is 10.0 Å². The number of rotatable bonds is 10. The third-order valence-electron chi connectivity index (χ3n) is 7.64. The maximum Gasteiger partial charge on any atom is 0.339 e. The average molecular weight is 551 g/mol. The van der Waals surface area contributed by atoms with Crippen molar-refractivity contribution in [3.63, 3.8) is 0 Å². The third kappa shape index (κ3) is 6.69. The van der Waals surface area contributed by atoms with Gasteiger partial charge in [-0.05, 0) is 68.8 Å². The van der Waals surface area contributed by atoms with Gasteiger partial charge in [-0.25, -0.2) is 17.5 Å². The lowest BCUT2D eigenvalue weighted by molar-refractivity contribution is -0.0916. The van der Waals surface area contributed by atoms with E-state index in [1.807, 2.05) is 86.9 Å². The van der Waals surface area contributed by atoms with Crippen LogP contribution in [0.2, 0.25) is 0 Å². The summed E-state index contributed by atoms with van der Waals surface area (Å²) in [5, 5.41) is 0. The van der Waals surface area contributed by atoms with E-state index in [4.69, 9.17) is 9.47 Å². The second-order valence-corrected chi connectivity index (χ2v) is 12.6. The van der Waals surface area contributed by atoms with E-state index < -0.39 is 21.6 Å². The van der Waals surface area contributed by atoms with E-state index in [1.165, 1.54) is 4.31 Å². The van der Waals surface area contributed by atoms with Crippen LogP contribution in [0, 0.1) is 5.92 Å². The van der Waals surface area contributed by atoms with E-state index in [1.54, 1.807) is 26.3 Å². The first-order valence-electron chi connectivity index (χ1n) is 13.2. The van der Waals surface area contributed by atoms with Crippen molar-refractivity contribution >= 4 is 16.0 Å². The molecule has 0 saturated heterocycles. The highest BCUT2D eigenvalue weighted by Crippen LogP contribution is 2.47. The summed E-state index contributed by atoms with van der Waals surface area (Å²) in [5.74, 6) is 0.0606. The van der Waals surface area contributed by atoms with Crippen molar-refractivity contribution in [2.75, 3.05) is 34.8 Å². The number of hydrogen-bond donors (Lipinski definition) is 0. The Kier molecular flexibility index (Phi) is 9.10. The van der Waals surface area contributed by atoms with Gasteiger partial charge in [0.15, 0.2) is 0 Å². The zero-order chi connectivity index (χ0) is 28.0. The second kappa shape index (κ2) is 12.3. The van der Waals surface area contributed by atoms with E-state index in [9.17, 15) is 13.2 Å². The van der Waals surface area contributed by atoms with Crippen LogP contribution in [0.4, 0.5) is 0 Å². The molecule has 0 radical (unpaired) electrons. The van der Waals surface area contributed by atoms with Crippen LogP contribution in [0.25, 0.3) is 0 Å². The predicted octanol–water partition coefficient (Wildman–Crippen LogP) is 4.94. The summed E-state index contributed by atoms with van der Waals surface area (Å²) in [5.41, 5.74) is 1.14. The minimum absolute atomic E-state index is 0.0524. The first kappa shape index (κ1) is 28.8. The summed E-state index contributed by atoms with van der Waals surface area (Å²) in [4.78, 5) is 15.5. The zero-order valence-electron chi connectivity index (χ0n) is 23.1. The zero-order valence-corrected chi connectivity index (χ0v) is 23.9. The van der Waals surface area contributed by atoms with Gasteiger partial charge >= 0.3 is 5.97 Å². The summed E-state index contributed by atoms with van der Waals surface area (Å²) in [6, 6.07) is 25.7. The lowest BCUT2D eigenvalue weighted by Gasteiger charge is -2.48. The Morgan fingerprint density at radius 3 is 2.26 bits per heavy atom. The van der Waals surface area contributed by atoms with Crippen LogP contribution in [0.15, 0.2) is 84.9 Å². The molecule has 0 heterocycles. The molecular formula is C31H38N2O5S. The fraction of sp³-hybridized carbons (Fsp3) is 0.387. The fourth-order valence-electron chi connectivity index (χ4n) is 5.59. The molecule has 7 nitrogen and oxygen atoms in total. The minimum Gasteiger partial charge on any atom is -0.497 e. The standard InChI is InChI=1S/C31H38N2O5S/c1-32(2)22-27-20-28(33(3)39(35,36)23-24-12-7-5-8-13-24)18-19-31(27,26-16-11-17-29(21-26)37-4)38-30(34)25-14-9-6-10-15-25/h5-17,21,27-28H,18-20,22-23H2,1-4H3. The number of carbonyl (C=O) groups is 1. The number of methoxy groups -OCH3 is 1. The van der Waals surface area contributed by atoms with Crippen molar-refractivity contribution in [3.05, 3.63) is 102 Å². The summed E-state index contributed by atoms with van der Waals surface area (Å²) >= 11 is 0. The van der Waals surface area contributed by atoms with Crippen molar-refractivity contribution in [1.82, 2.24) is 9.21 Å². The van der Waals surface area contributed by atoms with Gasteiger partial charge in [-0.1, -0.05) is 60.7 Å². The largest absolute Gasteiger partial charge is 0.497 e. The number of esters is 1. The molecule has 0 amide bonds. The van der Waals surface area contributed by atoms with E-state index >= 15 is 0 Å². The van der Waals surface area contributed by atoms with Crippen molar-refractivity contribution in [2.45, 2.75) is 36.7 Å². The molecular weight excluding hydrogens is 512 g/mol. The molecule has 0 aromatic heterocycles. The highest BCUT2D eigenvalue weighted by molar-refractivity contribution is 7.88. The first-order valence-corrected chi connectivity index (χ1v) is 14.8. The van der Waals surface area contributed by atoms with Gasteiger partial charge in [0, 0.05) is 25.6 Å². The van der Waals surface area contributed by atoms with Crippen LogP contribution in [0.3, 0.4) is 0 Å². The number of sulfonamides is 1. The summed E-state index contributed by atoms with van der Waals surface area (Å²) in [6.07, 6.45) is 1.57. The molecule has 208 valence electrons. The van der Waals surface area contributed by atoms with Crippen molar-refractivity contribution < 1.29 is 22.7 Å². The molecule has 1 fully saturated rings. The second-order valence-electron chi connectivity index (χ2n) is 10.5. The Labute approximate surface area is 232 Å². The Hall–Kier alpha value is -3.20. The molecule has 0 spiro atoms. The molecule has 0 bridgehead atoms. The topological polar surface area (TPSA) is 76.1 Å². The van der Waals surface area contributed by atoms with Gasteiger partial charge in [-0.2, -0.15) is 0 Å². The SMILES string of the molecule is COc1cccc(C2(OC(=O)c3ccccc3)CCC(N(C)S(=O)(=O)Cc3ccccc3)CC2CN(C)C)c1. The smallest absolute Gasteiger partial charge is 0.339 e. The van der Waals surface area contributed by atoms with Crippen LogP contribution in [-0.2, 0) is 26.1 Å². The van der Waals surface area contributed by atoms with Gasteiger partial charge in [0.1, 0.15) is 11.4 Å². The maximum atomic E-state index is 13.5. The molecule has 0 N–H and O–H groups in total. The quantitative estimate of drug-likeness (QED) is 0.333. The van der Waals surface area contributed by atoms with E-state index in [0.717, 1.165) is 11.1 Å². The average Bonchev–Trinajstić information content (AvgIpc) is 2.94. The minimum atomic E-state index is -3.55. The lowest BCUT2D eigenvalue weighted by atomic mass is 9.69. The van der Waals surface area contributed by atoms with Crippen molar-refractivity contribution in [1.29, 1.82) is 0 Å². The molecule has 1 aliphatic carbocycles. The Bertz CT molecular complexity index is 1350. The van der Waals surface area contributed by atoms with Crippen molar-refractivity contribution in [3.8, 4) is 5.75 Å². The van der Waals surface area contributed by atoms with Gasteiger partial charge in [0.25, 0.3) is 0 Å². The lowest BCUT2D eigenvalue weighted by Crippen LogP contribution is -2.52. The number of ether oxygens (including phenoxy) is 2. The molecule has 1 aliphatic rings. The van der Waals surface area contributed by atoms with E-state index in [2.05, 4.69) is 4.90 Å². The number of benzene rings is 3.